The number of pyridine rings is 1. The van der Waals surface area contributed by atoms with Gasteiger partial charge in [0.2, 0.25) is 0 Å². The summed E-state index contributed by atoms with van der Waals surface area (Å²) in [6.45, 7) is 15.5. The van der Waals surface area contributed by atoms with Crippen molar-refractivity contribution in [3.05, 3.63) is 114 Å². The maximum Gasteiger partial charge on any atom is 0.332 e. The molecule has 0 aliphatic heterocycles. The molecule has 0 atom stereocenters. The van der Waals surface area contributed by atoms with E-state index in [2.05, 4.69) is 67.4 Å². The minimum Gasteiger partial charge on any atom is -0.511 e. The van der Waals surface area contributed by atoms with Gasteiger partial charge in [-0.1, -0.05) is 71.0 Å². The molecule has 0 saturated carbocycles. The second-order valence-corrected chi connectivity index (χ2v) is 13.3. The molecule has 0 fully saturated rings. The summed E-state index contributed by atoms with van der Waals surface area (Å²) >= 11 is 0. The van der Waals surface area contributed by atoms with E-state index in [1.807, 2.05) is 53.8 Å². The summed E-state index contributed by atoms with van der Waals surface area (Å²) < 4.78 is 12.9. The Morgan fingerprint density at radius 2 is 1.44 bits per heavy atom. The smallest absolute Gasteiger partial charge is 0.332 e. The van der Waals surface area contributed by atoms with Crippen molar-refractivity contribution in [1.82, 2.24) is 4.98 Å². The van der Waals surface area contributed by atoms with Crippen molar-refractivity contribution in [3.8, 4) is 22.4 Å². The second-order valence-electron chi connectivity index (χ2n) is 13.3. The quantitative estimate of drug-likeness (QED) is 0.0493. The van der Waals surface area contributed by atoms with Crippen molar-refractivity contribution in [3.63, 3.8) is 0 Å². The third kappa shape index (κ3) is 8.59. The molecule has 6 heteroatoms. The number of ketones is 1. The molecule has 0 spiro atoms. The Balaban J connectivity index is 0.000000338. The number of hydrogen-bond donors (Lipinski definition) is 1. The number of aliphatic hydroxyl groups excluding tert-OH is 1. The summed E-state index contributed by atoms with van der Waals surface area (Å²) in [6.07, 6.45) is 3.29. The topological polar surface area (TPSA) is 71.6 Å². The Hall–Kier alpha value is -3.99. The SMILES string of the molecule is CC(C)(C)C(=[OH+])/C=C(\O)C(C)(C)C.Cc1[c-]c(-c2nccc3c2ccc2cc(-c4ccc(C(=O)F)cc4)ccc23)cc(C)c1.[Ir]. The van der Waals surface area contributed by atoms with Crippen LogP contribution in [0.4, 0.5) is 4.39 Å². The summed E-state index contributed by atoms with van der Waals surface area (Å²) in [5.74, 6) is 0.417. The Kier molecular flexibility index (Phi) is 11.0. The van der Waals surface area contributed by atoms with E-state index in [0.29, 0.717) is 0 Å². The van der Waals surface area contributed by atoms with Crippen LogP contribution in [0.1, 0.15) is 63.0 Å². The molecule has 0 saturated heterocycles. The van der Waals surface area contributed by atoms with Crippen molar-refractivity contribution in [2.24, 2.45) is 10.8 Å². The summed E-state index contributed by atoms with van der Waals surface area (Å²) in [7, 11) is 0. The number of benzene rings is 4. The Morgan fingerprint density at radius 3 is 2.02 bits per heavy atom. The molecule has 1 radical (unpaired) electrons. The van der Waals surface area contributed by atoms with Crippen molar-refractivity contribution in [2.75, 3.05) is 0 Å². The van der Waals surface area contributed by atoms with Crippen LogP contribution in [-0.4, -0.2) is 26.7 Å². The van der Waals surface area contributed by atoms with E-state index in [4.69, 9.17) is 0 Å². The standard InChI is InChI=1S/C28H19FNO.C11H20O2.Ir/c1-17-13-18(2)15-23(14-17)27-26-10-8-22-16-21(7-9-24(22)25(26)11-12-30-27)19-3-5-20(6-4-19)28(29)31;1-10(2,3)8(12)7-9(13)11(4,5)6;/h3-14,16H,1-2H3;7,12H,1-6H3;/q-1;;/p+1/b;8-7-;. The molecule has 1 heterocycles. The molecule has 0 bridgehead atoms. The molecule has 4 nitrogen and oxygen atoms in total. The zero-order chi connectivity index (χ0) is 32.4. The number of allylic oxidation sites excluding steroid dienone is 2. The average Bonchev–Trinajstić information content (AvgIpc) is 2.95. The molecule has 45 heavy (non-hydrogen) atoms. The predicted molar refractivity (Wildman–Crippen MR) is 180 cm³/mol. The fourth-order valence-electron chi connectivity index (χ4n) is 4.77. The number of hydrogen-bond acceptors (Lipinski definition) is 3. The van der Waals surface area contributed by atoms with Crippen molar-refractivity contribution >= 4 is 33.4 Å². The average molecular weight is 782 g/mol. The zero-order valence-electron chi connectivity index (χ0n) is 27.0. The van der Waals surface area contributed by atoms with E-state index in [-0.39, 0.29) is 48.0 Å². The van der Waals surface area contributed by atoms with Gasteiger partial charge in [-0.2, -0.15) is 4.39 Å². The maximum absolute atomic E-state index is 12.9. The van der Waals surface area contributed by atoms with E-state index >= 15 is 0 Å². The van der Waals surface area contributed by atoms with Gasteiger partial charge in [0.1, 0.15) is 5.76 Å². The van der Waals surface area contributed by atoms with E-state index in [1.165, 1.54) is 23.8 Å². The number of carbonyl (C=O) groups is 1. The fraction of sp³-hybridized carbons (Fsp3) is 0.256. The third-order valence-electron chi connectivity index (χ3n) is 7.42. The zero-order valence-corrected chi connectivity index (χ0v) is 29.4. The monoisotopic (exact) mass is 782 g/mol. The van der Waals surface area contributed by atoms with Crippen LogP contribution in [0.2, 0.25) is 0 Å². The molecule has 5 rings (SSSR count). The van der Waals surface area contributed by atoms with Gasteiger partial charge in [-0.15, -0.1) is 34.9 Å². The van der Waals surface area contributed by atoms with Gasteiger partial charge in [0, 0.05) is 31.7 Å². The van der Waals surface area contributed by atoms with Crippen LogP contribution in [0.15, 0.2) is 90.8 Å². The van der Waals surface area contributed by atoms with Crippen LogP contribution in [0.25, 0.3) is 43.9 Å². The van der Waals surface area contributed by atoms with Gasteiger partial charge in [-0.05, 0) is 83.4 Å². The van der Waals surface area contributed by atoms with Gasteiger partial charge in [-0.3, -0.25) is 9.59 Å². The number of aliphatic hydroxyl groups is 1. The number of nitrogens with zero attached hydrogens (tertiary/aromatic N) is 1. The normalized spacial score (nSPS) is 11.9. The number of carbonyl (C=O) groups excluding carboxylic acids is 2. The Labute approximate surface area is 278 Å². The van der Waals surface area contributed by atoms with E-state index in [0.717, 1.165) is 49.5 Å². The van der Waals surface area contributed by atoms with Crippen molar-refractivity contribution < 1.29 is 39.2 Å². The minimum atomic E-state index is -1.41. The first-order valence-electron chi connectivity index (χ1n) is 14.6. The third-order valence-corrected chi connectivity index (χ3v) is 7.42. The van der Waals surface area contributed by atoms with Crippen LogP contribution in [-0.2, 0) is 20.1 Å². The van der Waals surface area contributed by atoms with Gasteiger partial charge in [-0.25, -0.2) is 0 Å². The maximum atomic E-state index is 12.9. The van der Waals surface area contributed by atoms with Crippen LogP contribution >= 0.6 is 0 Å². The minimum absolute atomic E-state index is 0. The number of halogens is 1. The van der Waals surface area contributed by atoms with E-state index < -0.39 is 6.04 Å². The molecule has 0 aliphatic rings. The molecule has 1 aromatic heterocycles. The molecule has 5 aromatic rings. The molecule has 4 aromatic carbocycles. The van der Waals surface area contributed by atoms with Gasteiger partial charge in [0.05, 0.1) is 17.1 Å². The van der Waals surface area contributed by atoms with Crippen LogP contribution in [0, 0.1) is 30.7 Å². The molecule has 235 valence electrons. The van der Waals surface area contributed by atoms with Crippen molar-refractivity contribution in [2.45, 2.75) is 55.4 Å². The van der Waals surface area contributed by atoms with E-state index in [1.54, 1.807) is 12.1 Å². The molecule has 2 N–H and O–H groups in total. The first-order valence-corrected chi connectivity index (χ1v) is 14.6. The fourth-order valence-corrected chi connectivity index (χ4v) is 4.77. The molecular weight excluding hydrogens is 742 g/mol. The van der Waals surface area contributed by atoms with Gasteiger partial charge in [0.25, 0.3) is 0 Å². The summed E-state index contributed by atoms with van der Waals surface area (Å²) in [5, 5.41) is 14.1. The van der Waals surface area contributed by atoms with Crippen LogP contribution < -0.4 is 0 Å². The number of rotatable bonds is 4. The summed E-state index contributed by atoms with van der Waals surface area (Å²) in [5.41, 5.74) is 5.63. The summed E-state index contributed by atoms with van der Waals surface area (Å²) in [6, 6.07) is 25.4. The number of fused-ring (bicyclic) bond motifs is 3. The van der Waals surface area contributed by atoms with Gasteiger partial charge < -0.3 is 10.1 Å². The van der Waals surface area contributed by atoms with Gasteiger partial charge in [0.15, 0.2) is 0 Å². The van der Waals surface area contributed by atoms with Crippen LogP contribution in [0.5, 0.6) is 0 Å². The Morgan fingerprint density at radius 1 is 0.822 bits per heavy atom. The van der Waals surface area contributed by atoms with Crippen molar-refractivity contribution in [1.29, 1.82) is 0 Å². The second kappa shape index (κ2) is 14.0. The predicted octanol–water partition coefficient (Wildman–Crippen LogP) is 10.3. The van der Waals surface area contributed by atoms with Crippen LogP contribution in [0.3, 0.4) is 0 Å². The largest absolute Gasteiger partial charge is 0.511 e. The molecular formula is C39H40FIrNO3. The first kappa shape index (κ1) is 35.5. The number of aryl methyl sites for hydroxylation is 2. The first-order chi connectivity index (χ1) is 20.5. The number of aromatic nitrogens is 1. The molecule has 0 aliphatic carbocycles. The van der Waals surface area contributed by atoms with E-state index in [9.17, 15) is 19.1 Å². The van der Waals surface area contributed by atoms with Gasteiger partial charge >= 0.3 is 11.8 Å². The summed E-state index contributed by atoms with van der Waals surface area (Å²) in [4.78, 5) is 25.1. The molecule has 0 unspecified atom stereocenters. The molecule has 0 amide bonds. The Bertz CT molecular complexity index is 1880.